The summed E-state index contributed by atoms with van der Waals surface area (Å²) < 4.78 is 5.88. The Bertz CT molecular complexity index is 194. The van der Waals surface area contributed by atoms with Gasteiger partial charge in [-0.05, 0) is 57.2 Å². The molecule has 16 heavy (non-hydrogen) atoms. The quantitative estimate of drug-likeness (QED) is 0.754. The van der Waals surface area contributed by atoms with E-state index in [0.717, 1.165) is 24.7 Å². The predicted molar refractivity (Wildman–Crippen MR) is 71.0 cm³/mol. The summed E-state index contributed by atoms with van der Waals surface area (Å²) in [5, 5.41) is 8.62. The van der Waals surface area contributed by atoms with Crippen LogP contribution >= 0.6 is 0 Å². The second-order valence-corrected chi connectivity index (χ2v) is 11.1. The molecule has 2 aliphatic rings. The van der Waals surface area contributed by atoms with Crippen LogP contribution in [0, 0.1) is 11.8 Å². The Morgan fingerprint density at radius 2 is 1.38 bits per heavy atom. The van der Waals surface area contributed by atoms with Crippen molar-refractivity contribution >= 4 is 8.32 Å². The Morgan fingerprint density at radius 3 is 1.56 bits per heavy atom. The van der Waals surface area contributed by atoms with E-state index in [-0.39, 0.29) is 6.10 Å². The zero-order chi connectivity index (χ0) is 12.3. The normalized spacial score (nSPS) is 37.9. The van der Waals surface area contributed by atoms with Gasteiger partial charge in [-0.15, -0.1) is 0 Å². The van der Waals surface area contributed by atoms with E-state index in [2.05, 4.69) is 33.5 Å². The first kappa shape index (κ1) is 14.2. The molecule has 1 N–H and O–H groups in total. The van der Waals surface area contributed by atoms with Crippen LogP contribution in [0.15, 0.2) is 0 Å². The first-order valence-corrected chi connectivity index (χ1v) is 10.0. The Kier molecular flexibility index (Phi) is 5.01. The molecular weight excluding hydrogens is 216 g/mol. The SMILES string of the molecule is CC1CC(O)C1.CC1CC(O[Si](C)(C)C)C1. The minimum atomic E-state index is -1.22. The summed E-state index contributed by atoms with van der Waals surface area (Å²) in [5.74, 6) is 1.71. The highest BCUT2D eigenvalue weighted by Crippen LogP contribution is 2.31. The van der Waals surface area contributed by atoms with Gasteiger partial charge in [-0.1, -0.05) is 13.8 Å². The molecule has 0 radical (unpaired) electrons. The third kappa shape index (κ3) is 5.46. The molecule has 3 heteroatoms. The van der Waals surface area contributed by atoms with Crippen LogP contribution in [0.1, 0.15) is 39.5 Å². The van der Waals surface area contributed by atoms with Crippen LogP contribution in [-0.4, -0.2) is 25.6 Å². The maximum atomic E-state index is 8.62. The zero-order valence-corrected chi connectivity index (χ0v) is 12.5. The molecule has 0 aromatic carbocycles. The van der Waals surface area contributed by atoms with Crippen LogP contribution in [0.3, 0.4) is 0 Å². The largest absolute Gasteiger partial charge is 0.415 e. The topological polar surface area (TPSA) is 29.5 Å². The van der Waals surface area contributed by atoms with E-state index in [4.69, 9.17) is 9.53 Å². The summed E-state index contributed by atoms with van der Waals surface area (Å²) in [6, 6.07) is 0. The van der Waals surface area contributed by atoms with Gasteiger partial charge in [-0.3, -0.25) is 0 Å². The van der Waals surface area contributed by atoms with Gasteiger partial charge in [0.15, 0.2) is 8.32 Å². The first-order valence-electron chi connectivity index (χ1n) is 6.62. The molecule has 2 rings (SSSR count). The van der Waals surface area contributed by atoms with Crippen molar-refractivity contribution in [3.63, 3.8) is 0 Å². The third-order valence-electron chi connectivity index (χ3n) is 3.20. The van der Waals surface area contributed by atoms with Crippen molar-refractivity contribution in [3.05, 3.63) is 0 Å². The van der Waals surface area contributed by atoms with Crippen LogP contribution < -0.4 is 0 Å². The molecule has 0 aromatic rings. The van der Waals surface area contributed by atoms with Gasteiger partial charge in [-0.25, -0.2) is 0 Å². The van der Waals surface area contributed by atoms with Crippen molar-refractivity contribution in [1.29, 1.82) is 0 Å². The van der Waals surface area contributed by atoms with Gasteiger partial charge < -0.3 is 9.53 Å². The predicted octanol–water partition coefficient (Wildman–Crippen LogP) is 3.41. The lowest BCUT2D eigenvalue weighted by Gasteiger charge is -2.37. The number of aliphatic hydroxyl groups excluding tert-OH is 1. The Hall–Kier alpha value is 0.137. The van der Waals surface area contributed by atoms with Crippen LogP contribution in [0.4, 0.5) is 0 Å². The molecular formula is C13H28O2Si. The molecule has 0 aromatic heterocycles. The molecule has 96 valence electrons. The van der Waals surface area contributed by atoms with E-state index in [1.54, 1.807) is 0 Å². The lowest BCUT2D eigenvalue weighted by atomic mass is 9.84. The fourth-order valence-electron chi connectivity index (χ4n) is 2.28. The van der Waals surface area contributed by atoms with E-state index < -0.39 is 8.32 Å². The summed E-state index contributed by atoms with van der Waals surface area (Å²) >= 11 is 0. The van der Waals surface area contributed by atoms with Crippen molar-refractivity contribution in [2.24, 2.45) is 11.8 Å². The average Bonchev–Trinajstić information content (AvgIpc) is 1.98. The van der Waals surface area contributed by atoms with E-state index in [1.807, 2.05) is 0 Å². The minimum Gasteiger partial charge on any atom is -0.415 e. The fraction of sp³-hybridized carbons (Fsp3) is 1.00. The van der Waals surface area contributed by atoms with Crippen molar-refractivity contribution in [2.45, 2.75) is 71.4 Å². The van der Waals surface area contributed by atoms with Crippen LogP contribution in [0.2, 0.25) is 19.6 Å². The Labute approximate surface area is 102 Å². The molecule has 2 fully saturated rings. The molecule has 0 bridgehead atoms. The minimum absolute atomic E-state index is 0.0417. The Balaban J connectivity index is 0.000000181. The summed E-state index contributed by atoms with van der Waals surface area (Å²) in [6.45, 7) is 11.2. The molecule has 2 aliphatic carbocycles. The van der Waals surface area contributed by atoms with E-state index in [0.29, 0.717) is 6.10 Å². The van der Waals surface area contributed by atoms with Gasteiger partial charge in [0.25, 0.3) is 0 Å². The van der Waals surface area contributed by atoms with Crippen molar-refractivity contribution < 1.29 is 9.53 Å². The zero-order valence-electron chi connectivity index (χ0n) is 11.5. The number of hydrogen-bond donors (Lipinski definition) is 1. The van der Waals surface area contributed by atoms with E-state index >= 15 is 0 Å². The van der Waals surface area contributed by atoms with Gasteiger partial charge >= 0.3 is 0 Å². The number of rotatable bonds is 2. The van der Waals surface area contributed by atoms with Crippen molar-refractivity contribution in [3.8, 4) is 0 Å². The summed E-state index contributed by atoms with van der Waals surface area (Å²) in [6.07, 6.45) is 5.30. The second-order valence-electron chi connectivity index (χ2n) is 6.66. The van der Waals surface area contributed by atoms with Gasteiger partial charge in [0.2, 0.25) is 0 Å². The molecule has 0 saturated heterocycles. The van der Waals surface area contributed by atoms with Gasteiger partial charge in [0.05, 0.1) is 6.10 Å². The summed E-state index contributed by atoms with van der Waals surface area (Å²) in [4.78, 5) is 0. The molecule has 0 unspecified atom stereocenters. The third-order valence-corrected chi connectivity index (χ3v) is 4.24. The molecule has 2 saturated carbocycles. The molecule has 2 nitrogen and oxygen atoms in total. The highest BCUT2D eigenvalue weighted by molar-refractivity contribution is 6.69. The van der Waals surface area contributed by atoms with Gasteiger partial charge in [0, 0.05) is 6.10 Å². The monoisotopic (exact) mass is 244 g/mol. The van der Waals surface area contributed by atoms with E-state index in [9.17, 15) is 0 Å². The average molecular weight is 244 g/mol. The second kappa shape index (κ2) is 5.65. The van der Waals surface area contributed by atoms with Crippen LogP contribution in [0.5, 0.6) is 0 Å². The molecule has 0 aliphatic heterocycles. The van der Waals surface area contributed by atoms with Crippen molar-refractivity contribution in [1.82, 2.24) is 0 Å². The Morgan fingerprint density at radius 1 is 0.938 bits per heavy atom. The molecule has 0 spiro atoms. The smallest absolute Gasteiger partial charge is 0.184 e. The first-order chi connectivity index (χ1) is 7.26. The standard InChI is InChI=1S/C8H18OSi.C5H10O/c1-7-5-8(6-7)9-10(2,3)4;1-4-2-5(6)3-4/h7-8H,5-6H2,1-4H3;4-6H,2-3H2,1H3. The molecule has 0 heterocycles. The number of hydrogen-bond acceptors (Lipinski definition) is 2. The van der Waals surface area contributed by atoms with Gasteiger partial charge in [0.1, 0.15) is 0 Å². The summed E-state index contributed by atoms with van der Waals surface area (Å²) in [5.41, 5.74) is 0. The number of aliphatic hydroxyl groups is 1. The highest BCUT2D eigenvalue weighted by Gasteiger charge is 2.30. The summed E-state index contributed by atoms with van der Waals surface area (Å²) in [7, 11) is -1.22. The van der Waals surface area contributed by atoms with E-state index in [1.165, 1.54) is 12.8 Å². The van der Waals surface area contributed by atoms with Crippen LogP contribution in [-0.2, 0) is 4.43 Å². The maximum absolute atomic E-state index is 8.62. The van der Waals surface area contributed by atoms with Crippen molar-refractivity contribution in [2.75, 3.05) is 0 Å². The maximum Gasteiger partial charge on any atom is 0.184 e. The lowest BCUT2D eigenvalue weighted by Crippen LogP contribution is -2.39. The molecule has 0 amide bonds. The lowest BCUT2D eigenvalue weighted by molar-refractivity contribution is 0.0513. The highest BCUT2D eigenvalue weighted by atomic mass is 28.4. The van der Waals surface area contributed by atoms with Gasteiger partial charge in [-0.2, -0.15) is 0 Å². The molecule has 0 atom stereocenters. The van der Waals surface area contributed by atoms with Crippen LogP contribution in [0.25, 0.3) is 0 Å². The fourth-order valence-corrected chi connectivity index (χ4v) is 3.48.